The van der Waals surface area contributed by atoms with Gasteiger partial charge in [-0.3, -0.25) is 9.69 Å². The highest BCUT2D eigenvalue weighted by molar-refractivity contribution is 5.78. The highest BCUT2D eigenvalue weighted by atomic mass is 19.1. The number of likely N-dealkylation sites (tertiary alicyclic amines) is 2. The van der Waals surface area contributed by atoms with E-state index in [-0.39, 0.29) is 17.6 Å². The molecule has 2 atom stereocenters. The molecule has 3 rings (SSSR count). The van der Waals surface area contributed by atoms with E-state index in [4.69, 9.17) is 0 Å². The number of fused-ring (bicyclic) bond motifs is 1. The van der Waals surface area contributed by atoms with E-state index in [0.29, 0.717) is 12.0 Å². The molecule has 108 valence electrons. The molecule has 0 bridgehead atoms. The second-order valence-corrected chi connectivity index (χ2v) is 6.28. The van der Waals surface area contributed by atoms with Crippen molar-refractivity contribution in [2.24, 2.45) is 11.8 Å². The molecule has 0 spiro atoms. The van der Waals surface area contributed by atoms with Gasteiger partial charge in [0.2, 0.25) is 5.91 Å². The van der Waals surface area contributed by atoms with Gasteiger partial charge in [-0.15, -0.1) is 0 Å². The fourth-order valence-corrected chi connectivity index (χ4v) is 3.34. The highest BCUT2D eigenvalue weighted by Crippen LogP contribution is 2.34. The minimum absolute atomic E-state index is 0.0733. The number of carbonyl (C=O) groups excluding carboxylic acids is 1. The van der Waals surface area contributed by atoms with Crippen LogP contribution in [-0.2, 0) is 11.3 Å². The van der Waals surface area contributed by atoms with Crippen molar-refractivity contribution in [3.8, 4) is 0 Å². The number of hydrogen-bond donors (Lipinski definition) is 0. The van der Waals surface area contributed by atoms with Crippen LogP contribution in [-0.4, -0.2) is 41.4 Å². The molecule has 2 aliphatic rings. The highest BCUT2D eigenvalue weighted by Gasteiger charge is 2.46. The van der Waals surface area contributed by atoms with E-state index in [1.54, 1.807) is 12.1 Å². The van der Waals surface area contributed by atoms with Gasteiger partial charge in [0.25, 0.3) is 0 Å². The van der Waals surface area contributed by atoms with Crippen LogP contribution in [0.15, 0.2) is 24.3 Å². The Labute approximate surface area is 119 Å². The predicted molar refractivity (Wildman–Crippen MR) is 75.5 cm³/mol. The van der Waals surface area contributed by atoms with Gasteiger partial charge in [0.05, 0.1) is 0 Å². The first-order valence-electron chi connectivity index (χ1n) is 7.32. The van der Waals surface area contributed by atoms with Crippen LogP contribution < -0.4 is 0 Å². The molecule has 2 aliphatic heterocycles. The molecule has 2 saturated heterocycles. The van der Waals surface area contributed by atoms with Crippen molar-refractivity contribution in [2.75, 3.05) is 19.6 Å². The quantitative estimate of drug-likeness (QED) is 0.844. The van der Waals surface area contributed by atoms with E-state index >= 15 is 0 Å². The maximum Gasteiger partial charge on any atom is 0.225 e. The lowest BCUT2D eigenvalue weighted by molar-refractivity contribution is -0.133. The van der Waals surface area contributed by atoms with Crippen molar-refractivity contribution in [3.05, 3.63) is 35.6 Å². The topological polar surface area (TPSA) is 23.6 Å². The Bertz CT molecular complexity index is 517. The molecule has 0 aliphatic carbocycles. The summed E-state index contributed by atoms with van der Waals surface area (Å²) in [6, 6.07) is 7.24. The number of hydrogen-bond acceptors (Lipinski definition) is 2. The van der Waals surface area contributed by atoms with Crippen LogP contribution in [0.3, 0.4) is 0 Å². The number of halogens is 1. The van der Waals surface area contributed by atoms with Gasteiger partial charge in [-0.1, -0.05) is 26.0 Å². The average molecular weight is 276 g/mol. The normalized spacial score (nSPS) is 25.7. The Morgan fingerprint density at radius 2 is 2.15 bits per heavy atom. The molecule has 3 nitrogen and oxygen atoms in total. The van der Waals surface area contributed by atoms with Crippen LogP contribution in [0.25, 0.3) is 0 Å². The monoisotopic (exact) mass is 276 g/mol. The predicted octanol–water partition coefficient (Wildman–Crippen LogP) is 2.12. The number of nitrogens with zero attached hydrogens (tertiary/aromatic N) is 2. The zero-order valence-corrected chi connectivity index (χ0v) is 12.1. The van der Waals surface area contributed by atoms with Gasteiger partial charge in [0, 0.05) is 44.1 Å². The van der Waals surface area contributed by atoms with E-state index in [2.05, 4.69) is 4.90 Å². The van der Waals surface area contributed by atoms with Crippen LogP contribution in [0.1, 0.15) is 19.4 Å². The maximum atomic E-state index is 13.2. The molecule has 1 amide bonds. The van der Waals surface area contributed by atoms with Crippen molar-refractivity contribution in [3.63, 3.8) is 0 Å². The van der Waals surface area contributed by atoms with Crippen molar-refractivity contribution < 1.29 is 9.18 Å². The summed E-state index contributed by atoms with van der Waals surface area (Å²) in [6.45, 7) is 7.42. The molecule has 0 saturated carbocycles. The standard InChI is InChI=1S/C16H21FN2O/c1-11(2)16(20)19-9-13-8-18(15(13)10-19)7-12-4-3-5-14(17)6-12/h3-6,11,13,15H,7-10H2,1-2H3/t13-,15-/m1/s1. The van der Waals surface area contributed by atoms with Crippen LogP contribution in [0.5, 0.6) is 0 Å². The molecular weight excluding hydrogens is 255 g/mol. The van der Waals surface area contributed by atoms with Crippen LogP contribution in [0.4, 0.5) is 4.39 Å². The van der Waals surface area contributed by atoms with Crippen LogP contribution >= 0.6 is 0 Å². The summed E-state index contributed by atoms with van der Waals surface area (Å²) in [5, 5.41) is 0. The third-order valence-corrected chi connectivity index (χ3v) is 4.42. The lowest BCUT2D eigenvalue weighted by Gasteiger charge is -2.43. The van der Waals surface area contributed by atoms with Gasteiger partial charge in [-0.25, -0.2) is 4.39 Å². The number of amides is 1. The Kier molecular flexibility index (Phi) is 3.50. The summed E-state index contributed by atoms with van der Waals surface area (Å²) in [5.74, 6) is 0.753. The number of benzene rings is 1. The molecule has 4 heteroatoms. The van der Waals surface area contributed by atoms with E-state index in [9.17, 15) is 9.18 Å². The Hall–Kier alpha value is -1.42. The summed E-state index contributed by atoms with van der Waals surface area (Å²) in [6.07, 6.45) is 0. The smallest absolute Gasteiger partial charge is 0.225 e. The van der Waals surface area contributed by atoms with Gasteiger partial charge in [-0.2, -0.15) is 0 Å². The first-order valence-corrected chi connectivity index (χ1v) is 7.32. The Morgan fingerprint density at radius 1 is 1.35 bits per heavy atom. The first kappa shape index (κ1) is 13.6. The molecule has 1 aromatic carbocycles. The van der Waals surface area contributed by atoms with Gasteiger partial charge in [-0.05, 0) is 17.7 Å². The summed E-state index contributed by atoms with van der Waals surface area (Å²) in [7, 11) is 0. The second kappa shape index (κ2) is 5.17. The molecule has 0 aromatic heterocycles. The lowest BCUT2D eigenvalue weighted by Crippen LogP contribution is -2.54. The van der Waals surface area contributed by atoms with Crippen LogP contribution in [0.2, 0.25) is 0 Å². The van der Waals surface area contributed by atoms with Crippen LogP contribution in [0, 0.1) is 17.7 Å². The summed E-state index contributed by atoms with van der Waals surface area (Å²) in [4.78, 5) is 16.4. The average Bonchev–Trinajstić information content (AvgIpc) is 2.73. The first-order chi connectivity index (χ1) is 9.54. The molecular formula is C16H21FN2O. The summed E-state index contributed by atoms with van der Waals surface area (Å²) >= 11 is 0. The van der Waals surface area contributed by atoms with Crippen molar-refractivity contribution in [1.82, 2.24) is 9.80 Å². The van der Waals surface area contributed by atoms with Crippen molar-refractivity contribution in [1.29, 1.82) is 0 Å². The van der Waals surface area contributed by atoms with E-state index < -0.39 is 0 Å². The van der Waals surface area contributed by atoms with Gasteiger partial charge in [0.15, 0.2) is 0 Å². The summed E-state index contributed by atoms with van der Waals surface area (Å²) in [5.41, 5.74) is 1.01. The van der Waals surface area contributed by atoms with E-state index in [1.165, 1.54) is 6.07 Å². The fourth-order valence-electron chi connectivity index (χ4n) is 3.34. The largest absolute Gasteiger partial charge is 0.341 e. The molecule has 1 aromatic rings. The lowest BCUT2D eigenvalue weighted by atomic mass is 9.91. The number of carbonyl (C=O) groups is 1. The van der Waals surface area contributed by atoms with Gasteiger partial charge >= 0.3 is 0 Å². The molecule has 0 N–H and O–H groups in total. The molecule has 0 radical (unpaired) electrons. The zero-order valence-electron chi connectivity index (χ0n) is 12.1. The minimum atomic E-state index is -0.178. The molecule has 2 fully saturated rings. The number of rotatable bonds is 3. The molecule has 20 heavy (non-hydrogen) atoms. The summed E-state index contributed by atoms with van der Waals surface area (Å²) < 4.78 is 13.2. The third-order valence-electron chi connectivity index (χ3n) is 4.42. The van der Waals surface area contributed by atoms with Crippen molar-refractivity contribution >= 4 is 5.91 Å². The molecule has 2 heterocycles. The third kappa shape index (κ3) is 2.44. The van der Waals surface area contributed by atoms with Gasteiger partial charge < -0.3 is 4.90 Å². The maximum absolute atomic E-state index is 13.2. The van der Waals surface area contributed by atoms with E-state index in [0.717, 1.165) is 31.7 Å². The Morgan fingerprint density at radius 3 is 2.85 bits per heavy atom. The molecule has 0 unspecified atom stereocenters. The van der Waals surface area contributed by atoms with E-state index in [1.807, 2.05) is 24.8 Å². The minimum Gasteiger partial charge on any atom is -0.341 e. The second-order valence-electron chi connectivity index (χ2n) is 6.28. The SMILES string of the molecule is CC(C)C(=O)N1C[C@H]2CN(Cc3cccc(F)c3)[C@@H]2C1. The Balaban J connectivity index is 1.60. The van der Waals surface area contributed by atoms with Crippen molar-refractivity contribution in [2.45, 2.75) is 26.4 Å². The fraction of sp³-hybridized carbons (Fsp3) is 0.562. The van der Waals surface area contributed by atoms with Gasteiger partial charge in [0.1, 0.15) is 5.82 Å². The zero-order chi connectivity index (χ0) is 14.3.